The quantitative estimate of drug-likeness (QED) is 0.647. The summed E-state index contributed by atoms with van der Waals surface area (Å²) in [6.07, 6.45) is 4.11. The Bertz CT molecular complexity index is 911. The maximum atomic E-state index is 6.43. The maximum Gasteiger partial charge on any atom is 0.0654 e. The van der Waals surface area contributed by atoms with E-state index in [1.807, 2.05) is 12.3 Å². The molecule has 1 aliphatic rings. The molecule has 2 heterocycles. The lowest BCUT2D eigenvalue weighted by Crippen LogP contribution is -2.42. The predicted molar refractivity (Wildman–Crippen MR) is 111 cm³/mol. The molecule has 0 spiro atoms. The van der Waals surface area contributed by atoms with Gasteiger partial charge in [-0.2, -0.15) is 5.10 Å². The van der Waals surface area contributed by atoms with Crippen LogP contribution in [0, 0.1) is 0 Å². The average molecular weight is 393 g/mol. The molecule has 2 aromatic carbocycles. The van der Waals surface area contributed by atoms with Crippen LogP contribution in [0.1, 0.15) is 12.8 Å². The first kappa shape index (κ1) is 17.0. The van der Waals surface area contributed by atoms with Gasteiger partial charge in [0.15, 0.2) is 0 Å². The van der Waals surface area contributed by atoms with Crippen LogP contribution >= 0.6 is 32.4 Å². The van der Waals surface area contributed by atoms with Gasteiger partial charge in [-0.05, 0) is 48.5 Å². The van der Waals surface area contributed by atoms with Crippen molar-refractivity contribution in [2.45, 2.75) is 18.9 Å². The number of hydrogen-bond donors (Lipinski definition) is 2. The van der Waals surface area contributed by atoms with Crippen molar-refractivity contribution in [3.63, 3.8) is 0 Å². The maximum absolute atomic E-state index is 6.43. The van der Waals surface area contributed by atoms with E-state index in [1.165, 1.54) is 0 Å². The molecular formula is C18H19Cl2N4P. The van der Waals surface area contributed by atoms with Gasteiger partial charge >= 0.3 is 0 Å². The minimum atomic E-state index is 0.373. The third-order valence-electron chi connectivity index (χ3n) is 4.64. The van der Waals surface area contributed by atoms with E-state index in [-0.39, 0.29) is 0 Å². The van der Waals surface area contributed by atoms with E-state index in [2.05, 4.69) is 53.9 Å². The van der Waals surface area contributed by atoms with Gasteiger partial charge in [0.1, 0.15) is 0 Å². The molecule has 130 valence electrons. The van der Waals surface area contributed by atoms with Gasteiger partial charge in [0.25, 0.3) is 0 Å². The molecule has 4 rings (SSSR count). The Morgan fingerprint density at radius 3 is 2.96 bits per heavy atom. The highest BCUT2D eigenvalue weighted by molar-refractivity contribution is 7.28. The summed E-state index contributed by atoms with van der Waals surface area (Å²) in [6, 6.07) is 10.5. The molecule has 25 heavy (non-hydrogen) atoms. The molecule has 0 saturated carbocycles. The van der Waals surface area contributed by atoms with E-state index in [1.54, 1.807) is 0 Å². The van der Waals surface area contributed by atoms with Gasteiger partial charge < -0.3 is 10.2 Å². The van der Waals surface area contributed by atoms with Gasteiger partial charge in [-0.25, -0.2) is 0 Å². The number of H-pyrrole nitrogens is 1. The van der Waals surface area contributed by atoms with Crippen LogP contribution < -0.4 is 15.5 Å². The Balaban J connectivity index is 1.51. The number of aromatic amines is 1. The molecule has 0 radical (unpaired) electrons. The first-order valence-electron chi connectivity index (χ1n) is 8.29. The van der Waals surface area contributed by atoms with E-state index >= 15 is 0 Å². The summed E-state index contributed by atoms with van der Waals surface area (Å²) < 4.78 is 0. The van der Waals surface area contributed by atoms with Crippen molar-refractivity contribution in [1.29, 1.82) is 0 Å². The summed E-state index contributed by atoms with van der Waals surface area (Å²) in [5.74, 6) is 0. The minimum absolute atomic E-state index is 0.373. The van der Waals surface area contributed by atoms with E-state index in [0.717, 1.165) is 53.5 Å². The lowest BCUT2D eigenvalue weighted by Gasteiger charge is -2.36. The zero-order valence-corrected chi connectivity index (χ0v) is 16.3. The molecule has 2 atom stereocenters. The number of piperidine rings is 1. The number of fused-ring (bicyclic) bond motifs is 1. The normalized spacial score (nSPS) is 17.9. The highest BCUT2D eigenvalue weighted by Crippen LogP contribution is 2.31. The molecule has 1 saturated heterocycles. The molecule has 4 nitrogen and oxygen atoms in total. The van der Waals surface area contributed by atoms with Crippen molar-refractivity contribution >= 4 is 60.0 Å². The van der Waals surface area contributed by atoms with E-state index in [0.29, 0.717) is 16.1 Å². The number of benzene rings is 2. The van der Waals surface area contributed by atoms with Crippen molar-refractivity contribution in [3.8, 4) is 0 Å². The van der Waals surface area contributed by atoms with Gasteiger partial charge in [-0.15, -0.1) is 9.24 Å². The van der Waals surface area contributed by atoms with Crippen LogP contribution in [0.2, 0.25) is 10.0 Å². The highest BCUT2D eigenvalue weighted by Gasteiger charge is 2.22. The Morgan fingerprint density at radius 1 is 1.20 bits per heavy atom. The first-order valence-corrected chi connectivity index (χ1v) is 9.62. The van der Waals surface area contributed by atoms with Crippen molar-refractivity contribution in [2.24, 2.45) is 0 Å². The smallest absolute Gasteiger partial charge is 0.0654 e. The zero-order chi connectivity index (χ0) is 17.4. The van der Waals surface area contributed by atoms with Crippen molar-refractivity contribution in [1.82, 2.24) is 10.2 Å². The number of nitrogens with one attached hydrogen (secondary N) is 2. The zero-order valence-electron chi connectivity index (χ0n) is 13.6. The molecule has 1 fully saturated rings. The molecule has 2 N–H and O–H groups in total. The van der Waals surface area contributed by atoms with Crippen molar-refractivity contribution in [2.75, 3.05) is 23.3 Å². The fourth-order valence-electron chi connectivity index (χ4n) is 3.38. The van der Waals surface area contributed by atoms with Gasteiger partial charge in [-0.1, -0.05) is 23.2 Å². The standard InChI is InChI=1S/C18H19Cl2N4P/c19-14-7-15(20)18(25)8-17(14)24-5-1-2-13(10-24)22-12-3-4-16-11(6-12)9-21-23-16/h3-4,6-9,13,22H,1-2,5,10,25H2,(H,21,23). The van der Waals surface area contributed by atoms with E-state index in [9.17, 15) is 0 Å². The topological polar surface area (TPSA) is 44.0 Å². The number of aromatic nitrogens is 2. The Hall–Kier alpha value is -1.48. The summed E-state index contributed by atoms with van der Waals surface area (Å²) in [6.45, 7) is 1.92. The predicted octanol–water partition coefficient (Wildman–Crippen LogP) is 4.45. The number of halogens is 2. The van der Waals surface area contributed by atoms with Crippen LogP contribution in [0.5, 0.6) is 0 Å². The minimum Gasteiger partial charge on any atom is -0.381 e. The van der Waals surface area contributed by atoms with Crippen LogP contribution in [0.3, 0.4) is 0 Å². The average Bonchev–Trinajstić information content (AvgIpc) is 3.06. The third kappa shape index (κ3) is 3.57. The number of hydrogen-bond acceptors (Lipinski definition) is 3. The fourth-order valence-corrected chi connectivity index (χ4v) is 4.12. The second-order valence-corrected chi connectivity index (χ2v) is 7.86. The van der Waals surface area contributed by atoms with E-state index < -0.39 is 0 Å². The molecule has 1 aliphatic heterocycles. The Labute approximate surface area is 159 Å². The molecule has 3 aromatic rings. The van der Waals surface area contributed by atoms with Gasteiger partial charge in [0.2, 0.25) is 0 Å². The summed E-state index contributed by atoms with van der Waals surface area (Å²) in [4.78, 5) is 2.34. The molecule has 2 unspecified atom stereocenters. The van der Waals surface area contributed by atoms with Gasteiger partial charge in [0, 0.05) is 35.2 Å². The monoisotopic (exact) mass is 392 g/mol. The summed E-state index contributed by atoms with van der Waals surface area (Å²) in [5.41, 5.74) is 3.22. The molecular weight excluding hydrogens is 374 g/mol. The molecule has 0 bridgehead atoms. The van der Waals surface area contributed by atoms with Crippen LogP contribution in [-0.4, -0.2) is 29.3 Å². The fraction of sp³-hybridized carbons (Fsp3) is 0.278. The highest BCUT2D eigenvalue weighted by atomic mass is 35.5. The van der Waals surface area contributed by atoms with Crippen molar-refractivity contribution < 1.29 is 0 Å². The summed E-state index contributed by atoms with van der Waals surface area (Å²) >= 11 is 12.6. The number of anilines is 2. The largest absolute Gasteiger partial charge is 0.381 e. The number of nitrogens with zero attached hydrogens (tertiary/aromatic N) is 2. The molecule has 0 aliphatic carbocycles. The van der Waals surface area contributed by atoms with Crippen LogP contribution in [0.25, 0.3) is 10.9 Å². The molecule has 0 amide bonds. The Morgan fingerprint density at radius 2 is 2.08 bits per heavy atom. The van der Waals surface area contributed by atoms with Crippen LogP contribution in [0.15, 0.2) is 36.5 Å². The lowest BCUT2D eigenvalue weighted by atomic mass is 10.0. The Kier molecular flexibility index (Phi) is 4.77. The summed E-state index contributed by atoms with van der Waals surface area (Å²) in [7, 11) is 2.67. The molecule has 7 heteroatoms. The van der Waals surface area contributed by atoms with Crippen molar-refractivity contribution in [3.05, 3.63) is 46.6 Å². The van der Waals surface area contributed by atoms with Gasteiger partial charge in [0.05, 0.1) is 22.4 Å². The van der Waals surface area contributed by atoms with E-state index in [4.69, 9.17) is 23.2 Å². The first-order chi connectivity index (χ1) is 12.1. The van der Waals surface area contributed by atoms with Crippen LogP contribution in [0.4, 0.5) is 11.4 Å². The van der Waals surface area contributed by atoms with Gasteiger partial charge in [-0.3, -0.25) is 5.10 Å². The third-order valence-corrected chi connectivity index (χ3v) is 5.93. The lowest BCUT2D eigenvalue weighted by molar-refractivity contribution is 0.530. The van der Waals surface area contributed by atoms with Crippen LogP contribution in [-0.2, 0) is 0 Å². The molecule has 1 aromatic heterocycles. The summed E-state index contributed by atoms with van der Waals surface area (Å²) in [5, 5.41) is 14.2. The second-order valence-electron chi connectivity index (χ2n) is 6.43. The SMILES string of the molecule is Pc1cc(N2CCCC(Nc3ccc4[nH]ncc4c3)C2)c(Cl)cc1Cl. The number of rotatable bonds is 3. The second kappa shape index (κ2) is 7.03.